The molecular formula is C28H29F3N4O6S. The summed E-state index contributed by atoms with van der Waals surface area (Å²) in [5.41, 5.74) is 1.57. The lowest BCUT2D eigenvalue weighted by Gasteiger charge is -2.36. The first-order valence-corrected chi connectivity index (χ1v) is 14.7. The SMILES string of the molecule is Cc1cc(C(=O)N2CC(O)C2)cc(C)c1/C=C/S(=O)(=O)N1CCC2(CC1)N=C(c1cccc(OC(F)(F)F)c1)NC2=O. The molecule has 3 aliphatic heterocycles. The maximum absolute atomic E-state index is 13.2. The van der Waals surface area contributed by atoms with E-state index < -0.39 is 39.7 Å². The van der Waals surface area contributed by atoms with Crippen LogP contribution in [0.3, 0.4) is 0 Å². The summed E-state index contributed by atoms with van der Waals surface area (Å²) in [4.78, 5) is 31.5. The van der Waals surface area contributed by atoms with Gasteiger partial charge in [0.15, 0.2) is 0 Å². The highest BCUT2D eigenvalue weighted by Crippen LogP contribution is 2.33. The van der Waals surface area contributed by atoms with Gasteiger partial charge in [-0.15, -0.1) is 13.2 Å². The molecule has 0 unspecified atom stereocenters. The van der Waals surface area contributed by atoms with Gasteiger partial charge < -0.3 is 20.1 Å². The van der Waals surface area contributed by atoms with Crippen LogP contribution in [0, 0.1) is 13.8 Å². The van der Waals surface area contributed by atoms with Gasteiger partial charge in [-0.05, 0) is 73.7 Å². The van der Waals surface area contributed by atoms with Gasteiger partial charge in [0, 0.05) is 42.7 Å². The molecule has 0 atom stereocenters. The maximum atomic E-state index is 13.2. The minimum atomic E-state index is -4.87. The highest BCUT2D eigenvalue weighted by Gasteiger charge is 2.47. The van der Waals surface area contributed by atoms with E-state index in [0.29, 0.717) is 11.1 Å². The molecule has 3 heterocycles. The van der Waals surface area contributed by atoms with Crippen LogP contribution in [0.4, 0.5) is 13.2 Å². The van der Waals surface area contributed by atoms with E-state index in [9.17, 15) is 36.3 Å². The molecule has 10 nitrogen and oxygen atoms in total. The second-order valence-electron chi connectivity index (χ2n) is 10.7. The topological polar surface area (TPSA) is 129 Å². The molecule has 5 rings (SSSR count). The highest BCUT2D eigenvalue weighted by molar-refractivity contribution is 7.92. The van der Waals surface area contributed by atoms with Gasteiger partial charge in [0.1, 0.15) is 17.1 Å². The molecule has 0 saturated carbocycles. The average Bonchev–Trinajstić information content (AvgIpc) is 3.20. The van der Waals surface area contributed by atoms with Crippen molar-refractivity contribution < 1.29 is 41.0 Å². The van der Waals surface area contributed by atoms with Crippen LogP contribution in [0.1, 0.15) is 45.5 Å². The Bertz CT molecular complexity index is 1570. The van der Waals surface area contributed by atoms with E-state index in [1.165, 1.54) is 22.5 Å². The minimum absolute atomic E-state index is 0.0151. The van der Waals surface area contributed by atoms with Crippen LogP contribution in [-0.2, 0) is 14.8 Å². The number of alkyl halides is 3. The van der Waals surface area contributed by atoms with E-state index in [4.69, 9.17) is 0 Å². The van der Waals surface area contributed by atoms with Crippen molar-refractivity contribution in [1.82, 2.24) is 14.5 Å². The van der Waals surface area contributed by atoms with E-state index in [-0.39, 0.29) is 56.3 Å². The molecule has 224 valence electrons. The van der Waals surface area contributed by atoms with Crippen LogP contribution in [0.15, 0.2) is 46.8 Å². The standard InChI is InChI=1S/C28H29F3N4O6S/c1-17-12-20(25(37)34-15-21(36)16-34)13-18(2)23(17)6-11-42(39,40)35-9-7-27(8-10-35)26(38)32-24(33-27)19-4-3-5-22(14-19)41-28(29,30)31/h3-6,11-14,21,36H,7-10,15-16H2,1-2H3,(H,32,33,38)/b11-6+. The number of aliphatic hydroxyl groups is 1. The summed E-state index contributed by atoms with van der Waals surface area (Å²) in [6.45, 7) is 4.16. The number of β-amino-alcohol motifs (C(OH)–C–C–N with tert-alkyl or cyclic N) is 1. The fourth-order valence-electron chi connectivity index (χ4n) is 5.35. The Morgan fingerprint density at radius 2 is 1.79 bits per heavy atom. The van der Waals surface area contributed by atoms with Crippen LogP contribution in [0.2, 0.25) is 0 Å². The fourth-order valence-corrected chi connectivity index (χ4v) is 6.52. The summed E-state index contributed by atoms with van der Waals surface area (Å²) in [5, 5.41) is 13.2. The van der Waals surface area contributed by atoms with Crippen LogP contribution >= 0.6 is 0 Å². The van der Waals surface area contributed by atoms with Crippen molar-refractivity contribution in [3.8, 4) is 5.75 Å². The van der Waals surface area contributed by atoms with Crippen molar-refractivity contribution in [3.63, 3.8) is 0 Å². The fraction of sp³-hybridized carbons (Fsp3) is 0.393. The van der Waals surface area contributed by atoms with Crippen molar-refractivity contribution in [1.29, 1.82) is 0 Å². The molecule has 0 aromatic heterocycles. The predicted octanol–water partition coefficient (Wildman–Crippen LogP) is 2.73. The number of nitrogens with one attached hydrogen (secondary N) is 1. The van der Waals surface area contributed by atoms with Crippen molar-refractivity contribution >= 4 is 33.7 Å². The number of aliphatic hydroxyl groups excluding tert-OH is 1. The third kappa shape index (κ3) is 6.05. The van der Waals surface area contributed by atoms with Crippen molar-refractivity contribution in [2.75, 3.05) is 26.2 Å². The number of amides is 2. The Morgan fingerprint density at radius 1 is 1.14 bits per heavy atom. The third-order valence-electron chi connectivity index (χ3n) is 7.63. The normalized spacial score (nSPS) is 19.6. The van der Waals surface area contributed by atoms with Gasteiger partial charge in [-0.2, -0.15) is 4.31 Å². The van der Waals surface area contributed by atoms with E-state index in [1.807, 2.05) is 0 Å². The number of aryl methyl sites for hydroxylation is 2. The molecule has 0 radical (unpaired) electrons. The zero-order chi connectivity index (χ0) is 30.4. The van der Waals surface area contributed by atoms with Gasteiger partial charge in [0.25, 0.3) is 11.8 Å². The smallest absolute Gasteiger partial charge is 0.406 e. The van der Waals surface area contributed by atoms with Crippen LogP contribution in [0.25, 0.3) is 6.08 Å². The molecular weight excluding hydrogens is 577 g/mol. The molecule has 2 N–H and O–H groups in total. The number of sulfonamides is 1. The molecule has 2 aromatic carbocycles. The summed E-state index contributed by atoms with van der Waals surface area (Å²) in [6.07, 6.45) is -3.71. The van der Waals surface area contributed by atoms with E-state index >= 15 is 0 Å². The molecule has 3 aliphatic rings. The lowest BCUT2D eigenvalue weighted by molar-refractivity contribution is -0.274. The monoisotopic (exact) mass is 606 g/mol. The quantitative estimate of drug-likeness (QED) is 0.521. The summed E-state index contributed by atoms with van der Waals surface area (Å²) in [5.74, 6) is -0.989. The number of halogens is 3. The van der Waals surface area contributed by atoms with Gasteiger partial charge in [-0.1, -0.05) is 12.1 Å². The maximum Gasteiger partial charge on any atom is 0.573 e. The number of carbonyl (C=O) groups excluding carboxylic acids is 2. The van der Waals surface area contributed by atoms with E-state index in [1.54, 1.807) is 30.9 Å². The zero-order valence-corrected chi connectivity index (χ0v) is 23.6. The third-order valence-corrected chi connectivity index (χ3v) is 9.19. The Balaban J connectivity index is 1.26. The number of piperidine rings is 1. The van der Waals surface area contributed by atoms with Crippen LogP contribution < -0.4 is 10.1 Å². The number of carbonyl (C=O) groups is 2. The molecule has 0 aliphatic carbocycles. The largest absolute Gasteiger partial charge is 0.573 e. The van der Waals surface area contributed by atoms with E-state index in [0.717, 1.165) is 28.7 Å². The van der Waals surface area contributed by atoms with Crippen molar-refractivity contribution in [3.05, 3.63) is 69.6 Å². The van der Waals surface area contributed by atoms with Gasteiger partial charge in [0.2, 0.25) is 10.0 Å². The molecule has 2 aromatic rings. The van der Waals surface area contributed by atoms with Crippen LogP contribution in [0.5, 0.6) is 5.75 Å². The number of ether oxygens (including phenoxy) is 1. The van der Waals surface area contributed by atoms with E-state index in [2.05, 4.69) is 15.0 Å². The van der Waals surface area contributed by atoms with Gasteiger partial charge in [-0.3, -0.25) is 14.6 Å². The Kier molecular flexibility index (Phi) is 7.66. The van der Waals surface area contributed by atoms with Crippen LogP contribution in [-0.4, -0.2) is 84.6 Å². The molecule has 0 bridgehead atoms. The zero-order valence-electron chi connectivity index (χ0n) is 22.8. The summed E-state index contributed by atoms with van der Waals surface area (Å²) >= 11 is 0. The first kappa shape index (κ1) is 29.7. The first-order valence-electron chi connectivity index (χ1n) is 13.2. The minimum Gasteiger partial charge on any atom is -0.406 e. The van der Waals surface area contributed by atoms with Crippen molar-refractivity contribution in [2.24, 2.45) is 4.99 Å². The van der Waals surface area contributed by atoms with Crippen molar-refractivity contribution in [2.45, 2.75) is 44.7 Å². The average molecular weight is 607 g/mol. The summed E-state index contributed by atoms with van der Waals surface area (Å²) < 4.78 is 69.4. The molecule has 2 fully saturated rings. The summed E-state index contributed by atoms with van der Waals surface area (Å²) in [7, 11) is -3.86. The number of benzene rings is 2. The number of nitrogens with zero attached hydrogens (tertiary/aromatic N) is 3. The first-order chi connectivity index (χ1) is 19.7. The molecule has 42 heavy (non-hydrogen) atoms. The van der Waals surface area contributed by atoms with Gasteiger partial charge in [0.05, 0.1) is 6.10 Å². The molecule has 1 spiro atoms. The number of likely N-dealkylation sites (tertiary alicyclic amines) is 1. The predicted molar refractivity (Wildman–Crippen MR) is 147 cm³/mol. The second kappa shape index (κ2) is 10.8. The molecule has 14 heteroatoms. The number of amidine groups is 1. The lowest BCUT2D eigenvalue weighted by Crippen LogP contribution is -2.53. The number of rotatable bonds is 6. The van der Waals surface area contributed by atoms with Gasteiger partial charge >= 0.3 is 6.36 Å². The Hall–Kier alpha value is -3.75. The number of hydrogen-bond acceptors (Lipinski definition) is 7. The highest BCUT2D eigenvalue weighted by atomic mass is 32.2. The Morgan fingerprint density at radius 3 is 2.38 bits per heavy atom. The molecule has 2 saturated heterocycles. The Labute approximate surface area is 240 Å². The van der Waals surface area contributed by atoms with Gasteiger partial charge in [-0.25, -0.2) is 8.42 Å². The number of hydrogen-bond donors (Lipinski definition) is 2. The second-order valence-corrected chi connectivity index (χ2v) is 12.5. The lowest BCUT2D eigenvalue weighted by atomic mass is 9.89. The summed E-state index contributed by atoms with van der Waals surface area (Å²) in [6, 6.07) is 8.49. The molecule has 2 amide bonds. The number of aliphatic imine (C=N–C) groups is 1.